The molecule has 0 aromatic rings. The van der Waals surface area contributed by atoms with Gasteiger partial charge in [0, 0.05) is 12.3 Å². The monoisotopic (exact) mass is 368 g/mol. The summed E-state index contributed by atoms with van der Waals surface area (Å²) in [5.41, 5.74) is 0. The normalized spacial score (nSPS) is 24.9. The zero-order chi connectivity index (χ0) is 19.4. The van der Waals surface area contributed by atoms with Crippen LogP contribution in [0.1, 0.15) is 64.7 Å². The first-order chi connectivity index (χ1) is 12.4. The highest BCUT2D eigenvalue weighted by atomic mass is 16.5. The Morgan fingerprint density at radius 1 is 1.31 bits per heavy atom. The number of unbranched alkanes of at least 4 members (excludes halogenated alkanes) is 3. The third kappa shape index (κ3) is 9.15. The number of hydrogen-bond acceptors (Lipinski definition) is 5. The number of rotatable bonds is 12. The minimum absolute atomic E-state index is 0.0269. The highest BCUT2D eigenvalue weighted by Crippen LogP contribution is 2.27. The lowest BCUT2D eigenvalue weighted by Crippen LogP contribution is -2.41. The zero-order valence-corrected chi connectivity index (χ0v) is 15.5. The maximum Gasteiger partial charge on any atom is 0.309 e. The van der Waals surface area contributed by atoms with E-state index in [-0.39, 0.29) is 18.8 Å². The third-order valence-corrected chi connectivity index (χ3v) is 4.52. The number of carboxylic acids is 1. The predicted molar refractivity (Wildman–Crippen MR) is 98.5 cm³/mol. The standard InChI is InChI=1S/C20H32O6/c1-2-3-6-9-15(21)12-13-18-16(17(22)14-20(25)26-18)10-7-4-5-8-11-19(23)24/h4,7,12-13,15-18,21-22H,2-3,5-6,8-11,14H2,1H3,(H,23,24)/b7-4-,13-12+/t15-,16+,17+,18+/m0/s1. The summed E-state index contributed by atoms with van der Waals surface area (Å²) in [5, 5.41) is 28.8. The van der Waals surface area contributed by atoms with Crippen LogP contribution in [-0.2, 0) is 14.3 Å². The minimum atomic E-state index is -0.810. The van der Waals surface area contributed by atoms with E-state index in [0.29, 0.717) is 25.7 Å². The number of aliphatic carboxylic acids is 1. The van der Waals surface area contributed by atoms with E-state index in [1.165, 1.54) is 0 Å². The van der Waals surface area contributed by atoms with Gasteiger partial charge < -0.3 is 20.1 Å². The molecule has 1 saturated heterocycles. The molecule has 0 bridgehead atoms. The molecule has 0 aromatic carbocycles. The fourth-order valence-electron chi connectivity index (χ4n) is 2.98. The van der Waals surface area contributed by atoms with Crippen LogP contribution < -0.4 is 0 Å². The lowest BCUT2D eigenvalue weighted by molar-refractivity contribution is -0.163. The first-order valence-corrected chi connectivity index (χ1v) is 9.54. The lowest BCUT2D eigenvalue weighted by atomic mass is 9.87. The molecule has 0 amide bonds. The first kappa shape index (κ1) is 22.4. The molecule has 1 aliphatic rings. The molecule has 4 atom stereocenters. The van der Waals surface area contributed by atoms with Gasteiger partial charge in [-0.2, -0.15) is 0 Å². The summed E-state index contributed by atoms with van der Waals surface area (Å²) in [6.45, 7) is 2.10. The van der Waals surface area contributed by atoms with Gasteiger partial charge in [0.1, 0.15) is 6.10 Å². The topological polar surface area (TPSA) is 104 Å². The van der Waals surface area contributed by atoms with Crippen molar-refractivity contribution in [2.45, 2.75) is 83.0 Å². The Kier molecular flexibility index (Phi) is 10.9. The SMILES string of the molecule is CCCCC[C@H](O)/C=C/[C@H]1OC(=O)C[C@@H](O)[C@H]1C/C=C\CCCC(=O)O. The molecule has 6 heteroatoms. The van der Waals surface area contributed by atoms with Gasteiger partial charge in [-0.05, 0) is 31.8 Å². The Labute approximate surface area is 155 Å². The molecule has 6 nitrogen and oxygen atoms in total. The molecule has 1 rings (SSSR count). The van der Waals surface area contributed by atoms with E-state index < -0.39 is 30.3 Å². The number of esters is 1. The van der Waals surface area contributed by atoms with E-state index in [2.05, 4.69) is 6.92 Å². The maximum atomic E-state index is 11.6. The quantitative estimate of drug-likeness (QED) is 0.278. The van der Waals surface area contributed by atoms with Crippen molar-refractivity contribution >= 4 is 11.9 Å². The Morgan fingerprint density at radius 2 is 2.08 bits per heavy atom. The fourth-order valence-corrected chi connectivity index (χ4v) is 2.98. The average Bonchev–Trinajstić information content (AvgIpc) is 2.57. The minimum Gasteiger partial charge on any atom is -0.481 e. The Balaban J connectivity index is 2.54. The van der Waals surface area contributed by atoms with Gasteiger partial charge in [0.2, 0.25) is 0 Å². The molecule has 0 spiro atoms. The summed E-state index contributed by atoms with van der Waals surface area (Å²) in [4.78, 5) is 22.1. The third-order valence-electron chi connectivity index (χ3n) is 4.52. The number of aliphatic hydroxyl groups excluding tert-OH is 2. The molecule has 0 aromatic heterocycles. The highest BCUT2D eigenvalue weighted by molar-refractivity contribution is 5.71. The Morgan fingerprint density at radius 3 is 2.77 bits per heavy atom. The number of carbonyl (C=O) groups is 2. The van der Waals surface area contributed by atoms with Crippen molar-refractivity contribution in [1.29, 1.82) is 0 Å². The van der Waals surface area contributed by atoms with Gasteiger partial charge >= 0.3 is 11.9 Å². The van der Waals surface area contributed by atoms with Crippen LogP contribution >= 0.6 is 0 Å². The molecular weight excluding hydrogens is 336 g/mol. The second-order valence-electron chi connectivity index (χ2n) is 6.83. The molecular formula is C20H32O6. The Bertz CT molecular complexity index is 485. The maximum absolute atomic E-state index is 11.6. The fraction of sp³-hybridized carbons (Fsp3) is 0.700. The second kappa shape index (κ2) is 12.7. The van der Waals surface area contributed by atoms with Gasteiger partial charge in [-0.25, -0.2) is 0 Å². The van der Waals surface area contributed by atoms with Crippen molar-refractivity contribution in [3.63, 3.8) is 0 Å². The molecule has 148 valence electrons. The van der Waals surface area contributed by atoms with Gasteiger partial charge in [-0.15, -0.1) is 0 Å². The van der Waals surface area contributed by atoms with Gasteiger partial charge in [-0.1, -0.05) is 44.4 Å². The van der Waals surface area contributed by atoms with Crippen molar-refractivity contribution in [3.8, 4) is 0 Å². The van der Waals surface area contributed by atoms with Crippen molar-refractivity contribution in [1.82, 2.24) is 0 Å². The summed E-state index contributed by atoms with van der Waals surface area (Å²) >= 11 is 0. The molecule has 1 fully saturated rings. The predicted octanol–water partition coefficient (Wildman–Crippen LogP) is 2.98. The van der Waals surface area contributed by atoms with Crippen molar-refractivity contribution in [2.24, 2.45) is 5.92 Å². The molecule has 3 N–H and O–H groups in total. The van der Waals surface area contributed by atoms with Crippen molar-refractivity contribution in [3.05, 3.63) is 24.3 Å². The Hall–Kier alpha value is -1.66. The number of allylic oxidation sites excluding steroid dienone is 2. The number of carbonyl (C=O) groups excluding carboxylic acids is 1. The van der Waals surface area contributed by atoms with E-state index in [1.54, 1.807) is 12.2 Å². The van der Waals surface area contributed by atoms with E-state index >= 15 is 0 Å². The van der Waals surface area contributed by atoms with Crippen LogP contribution in [0.25, 0.3) is 0 Å². The number of hydrogen-bond donors (Lipinski definition) is 3. The number of cyclic esters (lactones) is 1. The lowest BCUT2D eigenvalue weighted by Gasteiger charge is -2.32. The summed E-state index contributed by atoms with van der Waals surface area (Å²) in [5.74, 6) is -1.51. The van der Waals surface area contributed by atoms with E-state index in [0.717, 1.165) is 19.3 Å². The highest BCUT2D eigenvalue weighted by Gasteiger charge is 2.35. The van der Waals surface area contributed by atoms with E-state index in [9.17, 15) is 19.8 Å². The largest absolute Gasteiger partial charge is 0.481 e. The van der Waals surface area contributed by atoms with Gasteiger partial charge in [0.05, 0.1) is 18.6 Å². The van der Waals surface area contributed by atoms with Gasteiger partial charge in [0.25, 0.3) is 0 Å². The first-order valence-electron chi connectivity index (χ1n) is 9.54. The van der Waals surface area contributed by atoms with E-state index in [4.69, 9.17) is 9.84 Å². The molecule has 1 heterocycles. The van der Waals surface area contributed by atoms with Crippen LogP contribution in [0.15, 0.2) is 24.3 Å². The summed E-state index contributed by atoms with van der Waals surface area (Å²) < 4.78 is 5.35. The smallest absolute Gasteiger partial charge is 0.309 e. The van der Waals surface area contributed by atoms with Crippen LogP contribution in [0, 0.1) is 5.92 Å². The van der Waals surface area contributed by atoms with Crippen LogP contribution in [0.5, 0.6) is 0 Å². The van der Waals surface area contributed by atoms with Crippen molar-refractivity contribution in [2.75, 3.05) is 0 Å². The summed E-state index contributed by atoms with van der Waals surface area (Å²) in [6, 6.07) is 0. The molecule has 0 aliphatic carbocycles. The summed E-state index contributed by atoms with van der Waals surface area (Å²) in [7, 11) is 0. The zero-order valence-electron chi connectivity index (χ0n) is 15.5. The average molecular weight is 368 g/mol. The molecule has 26 heavy (non-hydrogen) atoms. The molecule has 0 unspecified atom stereocenters. The van der Waals surface area contributed by atoms with Gasteiger partial charge in [0.15, 0.2) is 0 Å². The second-order valence-corrected chi connectivity index (χ2v) is 6.83. The number of aliphatic hydroxyl groups is 2. The van der Waals surface area contributed by atoms with E-state index in [1.807, 2.05) is 12.2 Å². The van der Waals surface area contributed by atoms with Gasteiger partial charge in [-0.3, -0.25) is 9.59 Å². The number of ether oxygens (including phenoxy) is 1. The van der Waals surface area contributed by atoms with Crippen LogP contribution in [0.3, 0.4) is 0 Å². The summed E-state index contributed by atoms with van der Waals surface area (Å²) in [6.07, 6.45) is 10.8. The van der Waals surface area contributed by atoms with Crippen LogP contribution in [-0.4, -0.2) is 45.6 Å². The van der Waals surface area contributed by atoms with Crippen LogP contribution in [0.2, 0.25) is 0 Å². The molecule has 1 aliphatic heterocycles. The van der Waals surface area contributed by atoms with Crippen molar-refractivity contribution < 1.29 is 29.6 Å². The number of carboxylic acid groups (broad SMARTS) is 1. The molecule has 0 saturated carbocycles. The van der Waals surface area contributed by atoms with Crippen LogP contribution in [0.4, 0.5) is 0 Å². The molecule has 0 radical (unpaired) electrons.